The lowest BCUT2D eigenvalue weighted by Gasteiger charge is -2.01. The first-order valence-electron chi connectivity index (χ1n) is 4.72. The molecule has 0 unspecified atom stereocenters. The lowest BCUT2D eigenvalue weighted by Crippen LogP contribution is -2.22. The van der Waals surface area contributed by atoms with Gasteiger partial charge in [0, 0.05) is 14.7 Å². The van der Waals surface area contributed by atoms with Crippen molar-refractivity contribution in [2.45, 2.75) is 13.5 Å². The average Bonchev–Trinajstić information content (AvgIpc) is 2.84. The molecule has 0 aliphatic heterocycles. The molecule has 5 heteroatoms. The van der Waals surface area contributed by atoms with E-state index in [1.165, 1.54) is 6.26 Å². The number of nitrogens with one attached hydrogen (secondary N) is 1. The summed E-state index contributed by atoms with van der Waals surface area (Å²) in [5, 5.41) is 4.84. The Hall–Kier alpha value is -1.07. The van der Waals surface area contributed by atoms with E-state index in [-0.39, 0.29) is 5.91 Å². The fraction of sp³-hybridized carbons (Fsp3) is 0.182. The Morgan fingerprint density at radius 1 is 1.62 bits per heavy atom. The van der Waals surface area contributed by atoms with E-state index < -0.39 is 0 Å². The molecule has 0 aromatic carbocycles. The monoisotopic (exact) mass is 299 g/mol. The fourth-order valence-electron chi connectivity index (χ4n) is 1.33. The van der Waals surface area contributed by atoms with Gasteiger partial charge in [-0.1, -0.05) is 0 Å². The van der Waals surface area contributed by atoms with Crippen molar-refractivity contribution in [2.75, 3.05) is 0 Å². The molecule has 1 N–H and O–H groups in total. The summed E-state index contributed by atoms with van der Waals surface area (Å²) in [6.07, 6.45) is 1.52. The Morgan fingerprint density at radius 3 is 3.00 bits per heavy atom. The van der Waals surface area contributed by atoms with Gasteiger partial charge >= 0.3 is 0 Å². The molecule has 0 saturated carbocycles. The second-order valence-electron chi connectivity index (χ2n) is 3.30. The standard InChI is InChI=1S/C11H10BrNO2S/c1-7-10(2-3-15-7)11(14)13-5-9-4-8(12)6-16-9/h2-4,6H,5H2,1H3,(H,13,14). The molecule has 2 aromatic heterocycles. The van der Waals surface area contributed by atoms with Gasteiger partial charge in [-0.15, -0.1) is 11.3 Å². The van der Waals surface area contributed by atoms with Gasteiger partial charge < -0.3 is 9.73 Å². The van der Waals surface area contributed by atoms with Gasteiger partial charge in [0.05, 0.1) is 18.4 Å². The van der Waals surface area contributed by atoms with Crippen LogP contribution in [-0.4, -0.2) is 5.91 Å². The highest BCUT2D eigenvalue weighted by molar-refractivity contribution is 9.10. The zero-order valence-electron chi connectivity index (χ0n) is 8.62. The smallest absolute Gasteiger partial charge is 0.255 e. The van der Waals surface area contributed by atoms with E-state index in [9.17, 15) is 4.79 Å². The van der Waals surface area contributed by atoms with Crippen molar-refractivity contribution < 1.29 is 9.21 Å². The highest BCUT2D eigenvalue weighted by atomic mass is 79.9. The lowest BCUT2D eigenvalue weighted by molar-refractivity contribution is 0.0950. The SMILES string of the molecule is Cc1occc1C(=O)NCc1cc(Br)cs1. The van der Waals surface area contributed by atoms with Crippen LogP contribution in [0.3, 0.4) is 0 Å². The summed E-state index contributed by atoms with van der Waals surface area (Å²) in [5.41, 5.74) is 0.593. The van der Waals surface area contributed by atoms with Gasteiger partial charge in [-0.2, -0.15) is 0 Å². The third-order valence-corrected chi connectivity index (χ3v) is 3.85. The number of thiophene rings is 1. The molecular formula is C11H10BrNO2S. The molecule has 16 heavy (non-hydrogen) atoms. The van der Waals surface area contributed by atoms with Gasteiger partial charge in [0.25, 0.3) is 5.91 Å². The quantitative estimate of drug-likeness (QED) is 0.944. The number of carbonyl (C=O) groups excluding carboxylic acids is 1. The van der Waals surface area contributed by atoms with Gasteiger partial charge in [0.15, 0.2) is 0 Å². The fourth-order valence-corrected chi connectivity index (χ4v) is 2.72. The number of furan rings is 1. The van der Waals surface area contributed by atoms with Crippen LogP contribution in [0, 0.1) is 6.92 Å². The van der Waals surface area contributed by atoms with Gasteiger partial charge in [-0.05, 0) is 35.0 Å². The van der Waals surface area contributed by atoms with Crippen LogP contribution in [0.5, 0.6) is 0 Å². The molecular weight excluding hydrogens is 290 g/mol. The van der Waals surface area contributed by atoms with Crippen molar-refractivity contribution in [1.82, 2.24) is 5.32 Å². The van der Waals surface area contributed by atoms with E-state index in [4.69, 9.17) is 4.42 Å². The second-order valence-corrected chi connectivity index (χ2v) is 5.22. The average molecular weight is 300 g/mol. The summed E-state index contributed by atoms with van der Waals surface area (Å²) in [5.74, 6) is 0.542. The molecule has 0 aliphatic rings. The molecule has 0 saturated heterocycles. The highest BCUT2D eigenvalue weighted by Gasteiger charge is 2.10. The van der Waals surface area contributed by atoms with Crippen LogP contribution in [0.4, 0.5) is 0 Å². The van der Waals surface area contributed by atoms with E-state index in [0.29, 0.717) is 17.9 Å². The third-order valence-electron chi connectivity index (χ3n) is 2.15. The van der Waals surface area contributed by atoms with E-state index in [2.05, 4.69) is 21.2 Å². The molecule has 0 aliphatic carbocycles. The maximum Gasteiger partial charge on any atom is 0.255 e. The number of hydrogen-bond acceptors (Lipinski definition) is 3. The summed E-state index contributed by atoms with van der Waals surface area (Å²) in [6.45, 7) is 2.32. The van der Waals surface area contributed by atoms with Crippen LogP contribution in [0.1, 0.15) is 21.0 Å². The molecule has 0 bridgehead atoms. The maximum atomic E-state index is 11.7. The third kappa shape index (κ3) is 2.54. The molecule has 0 fully saturated rings. The van der Waals surface area contributed by atoms with E-state index >= 15 is 0 Å². The molecule has 2 rings (SSSR count). The van der Waals surface area contributed by atoms with Crippen LogP contribution in [-0.2, 0) is 6.54 Å². The van der Waals surface area contributed by atoms with Crippen LogP contribution in [0.15, 0.2) is 32.7 Å². The van der Waals surface area contributed by atoms with Crippen molar-refractivity contribution in [1.29, 1.82) is 0 Å². The van der Waals surface area contributed by atoms with Gasteiger partial charge in [-0.3, -0.25) is 4.79 Å². The molecule has 0 spiro atoms. The van der Waals surface area contributed by atoms with Crippen molar-refractivity contribution in [3.05, 3.63) is 44.4 Å². The lowest BCUT2D eigenvalue weighted by atomic mass is 10.2. The van der Waals surface area contributed by atoms with Crippen LogP contribution >= 0.6 is 27.3 Å². The number of aryl methyl sites for hydroxylation is 1. The molecule has 2 aromatic rings. The van der Waals surface area contributed by atoms with Gasteiger partial charge in [0.1, 0.15) is 5.76 Å². The normalized spacial score (nSPS) is 10.4. The summed E-state index contributed by atoms with van der Waals surface area (Å²) < 4.78 is 6.12. The zero-order chi connectivity index (χ0) is 11.5. The first-order chi connectivity index (χ1) is 7.66. The van der Waals surface area contributed by atoms with Crippen molar-refractivity contribution in [3.63, 3.8) is 0 Å². The predicted molar refractivity (Wildman–Crippen MR) is 66.6 cm³/mol. The second kappa shape index (κ2) is 4.84. The van der Waals surface area contributed by atoms with Crippen molar-refractivity contribution in [3.8, 4) is 0 Å². The summed E-state index contributed by atoms with van der Waals surface area (Å²) in [4.78, 5) is 12.8. The number of halogens is 1. The summed E-state index contributed by atoms with van der Waals surface area (Å²) in [6, 6.07) is 3.67. The minimum atomic E-state index is -0.101. The van der Waals surface area contributed by atoms with Gasteiger partial charge in [-0.25, -0.2) is 0 Å². The first-order valence-corrected chi connectivity index (χ1v) is 6.39. The number of amides is 1. The first kappa shape index (κ1) is 11.4. The Kier molecular flexibility index (Phi) is 3.46. The number of carbonyl (C=O) groups is 1. The Bertz CT molecular complexity index is 504. The van der Waals surface area contributed by atoms with E-state index in [1.54, 1.807) is 24.3 Å². The van der Waals surface area contributed by atoms with Crippen molar-refractivity contribution in [2.24, 2.45) is 0 Å². The predicted octanol–water partition coefficient (Wildman–Crippen LogP) is 3.34. The van der Waals surface area contributed by atoms with Gasteiger partial charge in [0.2, 0.25) is 0 Å². The summed E-state index contributed by atoms with van der Waals surface area (Å²) >= 11 is 4.98. The molecule has 0 atom stereocenters. The maximum absolute atomic E-state index is 11.7. The Morgan fingerprint density at radius 2 is 2.44 bits per heavy atom. The van der Waals surface area contributed by atoms with E-state index in [1.807, 2.05) is 11.4 Å². The highest BCUT2D eigenvalue weighted by Crippen LogP contribution is 2.19. The van der Waals surface area contributed by atoms with Crippen LogP contribution in [0.2, 0.25) is 0 Å². The molecule has 2 heterocycles. The summed E-state index contributed by atoms with van der Waals surface area (Å²) in [7, 11) is 0. The minimum absolute atomic E-state index is 0.101. The number of hydrogen-bond donors (Lipinski definition) is 1. The largest absolute Gasteiger partial charge is 0.469 e. The molecule has 3 nitrogen and oxygen atoms in total. The number of rotatable bonds is 3. The molecule has 1 amide bonds. The van der Waals surface area contributed by atoms with E-state index in [0.717, 1.165) is 9.35 Å². The topological polar surface area (TPSA) is 42.2 Å². The van der Waals surface area contributed by atoms with Crippen molar-refractivity contribution >= 4 is 33.2 Å². The Balaban J connectivity index is 1.96. The minimum Gasteiger partial charge on any atom is -0.469 e. The van der Waals surface area contributed by atoms with Crippen LogP contribution < -0.4 is 5.32 Å². The Labute approximate surface area is 106 Å². The van der Waals surface area contributed by atoms with Crippen LogP contribution in [0.25, 0.3) is 0 Å². The zero-order valence-corrected chi connectivity index (χ0v) is 11.0. The molecule has 0 radical (unpaired) electrons. The molecule has 84 valence electrons.